The highest BCUT2D eigenvalue weighted by atomic mass is 16.4. The number of rotatable bonds is 11. The monoisotopic (exact) mass is 503 g/mol. The molecule has 0 saturated heterocycles. The SMILES string of the molecule is NN=Cc1ccc(CCCCNC2(C(=O)NN)C=CC=CC2=Cc2cccc(C(=O)O)c2)c(C(=O)O)c1. The number of hydrazine groups is 1. The second kappa shape index (κ2) is 12.4. The molecule has 0 bridgehead atoms. The number of hydrazone groups is 1. The van der Waals surface area contributed by atoms with Crippen molar-refractivity contribution >= 4 is 30.1 Å². The molecule has 10 heteroatoms. The molecule has 1 amide bonds. The van der Waals surface area contributed by atoms with E-state index in [1.807, 2.05) is 0 Å². The Labute approximate surface area is 214 Å². The standard InChI is InChI=1S/C27H29N5O5/c28-31-17-19-10-11-20(23(16-19)25(35)36)7-2-4-13-30-27(26(37)32-29)12-3-1-9-22(27)15-18-6-5-8-21(14-18)24(33)34/h1,3,5-6,8-12,14-17,30H,2,4,7,13,28-29H2,(H,32,37)(H,33,34)(H,35,36). The first-order valence-corrected chi connectivity index (χ1v) is 11.6. The normalized spacial score (nSPS) is 17.8. The fourth-order valence-electron chi connectivity index (χ4n) is 4.16. The van der Waals surface area contributed by atoms with Crippen LogP contribution in [0.3, 0.4) is 0 Å². The van der Waals surface area contributed by atoms with Crippen molar-refractivity contribution in [3.63, 3.8) is 0 Å². The Morgan fingerprint density at radius 2 is 1.81 bits per heavy atom. The number of carboxylic acid groups (broad SMARTS) is 2. The molecule has 2 aromatic carbocycles. The van der Waals surface area contributed by atoms with Crippen LogP contribution in [0.25, 0.3) is 6.08 Å². The van der Waals surface area contributed by atoms with Gasteiger partial charge < -0.3 is 16.1 Å². The van der Waals surface area contributed by atoms with Crippen LogP contribution < -0.4 is 22.4 Å². The number of carbonyl (C=O) groups is 3. The predicted molar refractivity (Wildman–Crippen MR) is 141 cm³/mol. The average Bonchev–Trinajstić information content (AvgIpc) is 2.89. The Kier molecular flexibility index (Phi) is 9.09. The largest absolute Gasteiger partial charge is 0.478 e. The number of amides is 1. The van der Waals surface area contributed by atoms with Crippen LogP contribution in [0.15, 0.2) is 77.4 Å². The third-order valence-electron chi connectivity index (χ3n) is 6.00. The van der Waals surface area contributed by atoms with E-state index in [0.717, 1.165) is 0 Å². The highest BCUT2D eigenvalue weighted by Gasteiger charge is 2.38. The first-order chi connectivity index (χ1) is 17.8. The van der Waals surface area contributed by atoms with Crippen LogP contribution in [0.4, 0.5) is 0 Å². The van der Waals surface area contributed by atoms with Gasteiger partial charge in [0.25, 0.3) is 5.91 Å². The Morgan fingerprint density at radius 3 is 2.51 bits per heavy atom. The van der Waals surface area contributed by atoms with Crippen molar-refractivity contribution in [3.05, 3.63) is 100 Å². The summed E-state index contributed by atoms with van der Waals surface area (Å²) in [6.07, 6.45) is 11.9. The number of carbonyl (C=O) groups excluding carboxylic acids is 1. The van der Waals surface area contributed by atoms with Crippen molar-refractivity contribution in [1.29, 1.82) is 0 Å². The number of carboxylic acids is 2. The maximum atomic E-state index is 13.0. The van der Waals surface area contributed by atoms with E-state index in [4.69, 9.17) is 11.7 Å². The number of nitrogens with two attached hydrogens (primary N) is 2. The number of allylic oxidation sites excluding steroid dienone is 2. The van der Waals surface area contributed by atoms with Gasteiger partial charge in [0.1, 0.15) is 5.54 Å². The minimum absolute atomic E-state index is 0.135. The highest BCUT2D eigenvalue weighted by Crippen LogP contribution is 2.27. The van der Waals surface area contributed by atoms with Crippen molar-refractivity contribution in [2.24, 2.45) is 16.8 Å². The Bertz CT molecular complexity index is 1300. The number of nitrogens with zero attached hydrogens (tertiary/aromatic N) is 1. The molecule has 8 N–H and O–H groups in total. The first kappa shape index (κ1) is 27.1. The van der Waals surface area contributed by atoms with Crippen molar-refractivity contribution in [1.82, 2.24) is 10.7 Å². The van der Waals surface area contributed by atoms with Crippen LogP contribution in [0.5, 0.6) is 0 Å². The molecule has 0 saturated carbocycles. The zero-order chi connectivity index (χ0) is 26.8. The van der Waals surface area contributed by atoms with Gasteiger partial charge in [-0.2, -0.15) is 5.10 Å². The fraction of sp³-hybridized carbons (Fsp3) is 0.185. The molecular formula is C27H29N5O5. The molecule has 0 aromatic heterocycles. The van der Waals surface area contributed by atoms with E-state index in [1.165, 1.54) is 24.4 Å². The molecule has 37 heavy (non-hydrogen) atoms. The Balaban J connectivity index is 1.74. The van der Waals surface area contributed by atoms with Crippen LogP contribution in [0.1, 0.15) is 50.2 Å². The van der Waals surface area contributed by atoms with Gasteiger partial charge in [-0.05, 0) is 72.3 Å². The summed E-state index contributed by atoms with van der Waals surface area (Å²) in [4.78, 5) is 36.0. The summed E-state index contributed by atoms with van der Waals surface area (Å²) in [6.45, 7) is 0.429. The lowest BCUT2D eigenvalue weighted by molar-refractivity contribution is -0.124. The smallest absolute Gasteiger partial charge is 0.335 e. The van der Waals surface area contributed by atoms with Crippen molar-refractivity contribution < 1.29 is 24.6 Å². The number of aromatic carboxylic acids is 2. The van der Waals surface area contributed by atoms with Gasteiger partial charge in [-0.15, -0.1) is 0 Å². The van der Waals surface area contributed by atoms with Crippen LogP contribution >= 0.6 is 0 Å². The van der Waals surface area contributed by atoms with Gasteiger partial charge >= 0.3 is 11.9 Å². The van der Waals surface area contributed by atoms with Crippen molar-refractivity contribution in [3.8, 4) is 0 Å². The van der Waals surface area contributed by atoms with E-state index in [9.17, 15) is 24.6 Å². The predicted octanol–water partition coefficient (Wildman–Crippen LogP) is 2.23. The molecular weight excluding hydrogens is 474 g/mol. The maximum Gasteiger partial charge on any atom is 0.335 e. The van der Waals surface area contributed by atoms with Gasteiger partial charge in [0.2, 0.25) is 0 Å². The summed E-state index contributed by atoms with van der Waals surface area (Å²) in [5.41, 5.74) is 3.78. The van der Waals surface area contributed by atoms with E-state index in [0.29, 0.717) is 48.1 Å². The summed E-state index contributed by atoms with van der Waals surface area (Å²) in [6, 6.07) is 11.4. The molecule has 1 atom stereocenters. The van der Waals surface area contributed by atoms with Gasteiger partial charge in [0.15, 0.2) is 0 Å². The lowest BCUT2D eigenvalue weighted by atomic mass is 9.83. The van der Waals surface area contributed by atoms with Crippen LogP contribution in [0, 0.1) is 0 Å². The van der Waals surface area contributed by atoms with Crippen LogP contribution in [0.2, 0.25) is 0 Å². The Morgan fingerprint density at radius 1 is 1.00 bits per heavy atom. The number of unbranched alkanes of at least 4 members (excludes halogenated alkanes) is 1. The molecule has 0 radical (unpaired) electrons. The molecule has 192 valence electrons. The minimum Gasteiger partial charge on any atom is -0.478 e. The second-order valence-corrected chi connectivity index (χ2v) is 8.41. The molecule has 1 unspecified atom stereocenters. The molecule has 10 nitrogen and oxygen atoms in total. The third kappa shape index (κ3) is 6.57. The summed E-state index contributed by atoms with van der Waals surface area (Å²) < 4.78 is 0. The number of hydrogen-bond donors (Lipinski definition) is 6. The van der Waals surface area contributed by atoms with Crippen LogP contribution in [-0.4, -0.2) is 46.4 Å². The molecule has 0 aliphatic heterocycles. The lowest BCUT2D eigenvalue weighted by Crippen LogP contribution is -2.58. The van der Waals surface area contributed by atoms with E-state index >= 15 is 0 Å². The fourth-order valence-corrected chi connectivity index (χ4v) is 4.16. The summed E-state index contributed by atoms with van der Waals surface area (Å²) in [7, 11) is 0. The van der Waals surface area contributed by atoms with Crippen LogP contribution in [-0.2, 0) is 11.2 Å². The first-order valence-electron chi connectivity index (χ1n) is 11.6. The highest BCUT2D eigenvalue weighted by molar-refractivity contribution is 5.95. The third-order valence-corrected chi connectivity index (χ3v) is 6.00. The molecule has 2 aromatic rings. The molecule has 1 aliphatic rings. The van der Waals surface area contributed by atoms with Gasteiger partial charge in [-0.25, -0.2) is 15.4 Å². The second-order valence-electron chi connectivity index (χ2n) is 8.41. The summed E-state index contributed by atoms with van der Waals surface area (Å²) in [5, 5.41) is 25.6. The number of nitrogens with one attached hydrogen (secondary N) is 2. The van der Waals surface area contributed by atoms with Crippen molar-refractivity contribution in [2.75, 3.05) is 6.54 Å². The topological polar surface area (TPSA) is 180 Å². The van der Waals surface area contributed by atoms with E-state index in [1.54, 1.807) is 54.6 Å². The van der Waals surface area contributed by atoms with Gasteiger partial charge in [0.05, 0.1) is 17.3 Å². The van der Waals surface area contributed by atoms with Gasteiger partial charge in [0, 0.05) is 0 Å². The average molecular weight is 504 g/mol. The molecule has 0 fully saturated rings. The summed E-state index contributed by atoms with van der Waals surface area (Å²) >= 11 is 0. The van der Waals surface area contributed by atoms with Crippen molar-refractivity contribution in [2.45, 2.75) is 24.8 Å². The number of aryl methyl sites for hydroxylation is 1. The molecule has 0 spiro atoms. The van der Waals surface area contributed by atoms with Gasteiger partial charge in [-0.1, -0.05) is 48.6 Å². The quantitative estimate of drug-likeness (QED) is 0.0887. The lowest BCUT2D eigenvalue weighted by Gasteiger charge is -2.33. The molecule has 1 aliphatic carbocycles. The molecule has 0 heterocycles. The zero-order valence-corrected chi connectivity index (χ0v) is 20.1. The van der Waals surface area contributed by atoms with E-state index in [2.05, 4.69) is 15.8 Å². The van der Waals surface area contributed by atoms with E-state index < -0.39 is 23.4 Å². The maximum absolute atomic E-state index is 13.0. The Hall–Kier alpha value is -4.54. The van der Waals surface area contributed by atoms with E-state index in [-0.39, 0.29) is 11.1 Å². The molecule has 3 rings (SSSR count). The zero-order valence-electron chi connectivity index (χ0n) is 20.1. The van der Waals surface area contributed by atoms with Gasteiger partial charge in [-0.3, -0.25) is 15.5 Å². The number of benzene rings is 2. The minimum atomic E-state index is -1.27. The summed E-state index contributed by atoms with van der Waals surface area (Å²) in [5.74, 6) is 8.13. The number of hydrogen-bond acceptors (Lipinski definition) is 7.